The van der Waals surface area contributed by atoms with Gasteiger partial charge in [0.1, 0.15) is 18.5 Å². The van der Waals surface area contributed by atoms with E-state index >= 15 is 0 Å². The third-order valence-corrected chi connectivity index (χ3v) is 3.36. The number of carbonyl (C=O) groups is 1. The molecule has 0 bridgehead atoms. The van der Waals surface area contributed by atoms with Crippen LogP contribution in [0.3, 0.4) is 0 Å². The van der Waals surface area contributed by atoms with Crippen LogP contribution in [0.15, 0.2) is 42.5 Å². The normalized spacial score (nSPS) is 11.8. The number of aliphatic hydroxyl groups is 1. The Kier molecular flexibility index (Phi) is 5.17. The maximum atomic E-state index is 11.6. The molecule has 4 heteroatoms. The first-order valence-electron chi connectivity index (χ1n) is 7.21. The minimum Gasteiger partial charge on any atom is -0.491 e. The van der Waals surface area contributed by atoms with E-state index in [4.69, 9.17) is 4.74 Å². The highest BCUT2D eigenvalue weighted by molar-refractivity contribution is 5.94. The summed E-state index contributed by atoms with van der Waals surface area (Å²) in [6.45, 7) is 4.13. The van der Waals surface area contributed by atoms with Crippen molar-refractivity contribution in [1.29, 1.82) is 0 Å². The second-order valence-corrected chi connectivity index (χ2v) is 5.35. The molecule has 0 heterocycles. The van der Waals surface area contributed by atoms with Gasteiger partial charge in [-0.25, -0.2) is 0 Å². The van der Waals surface area contributed by atoms with Crippen molar-refractivity contribution in [2.24, 2.45) is 0 Å². The fourth-order valence-electron chi connectivity index (χ4n) is 2.35. The second-order valence-electron chi connectivity index (χ2n) is 5.35. The molecule has 0 radical (unpaired) electrons. The van der Waals surface area contributed by atoms with Gasteiger partial charge in [0.15, 0.2) is 0 Å². The molecule has 116 valence electrons. The first-order chi connectivity index (χ1) is 10.5. The fraction of sp³-hybridized carbons (Fsp3) is 0.278. The SMILES string of the molecule is CNC(=O)c1cccc(OCC(O)c2cc(C)cc(C)c2)c1. The van der Waals surface area contributed by atoms with E-state index < -0.39 is 6.10 Å². The van der Waals surface area contributed by atoms with Crippen molar-refractivity contribution in [2.45, 2.75) is 20.0 Å². The molecule has 2 aromatic rings. The van der Waals surface area contributed by atoms with Crippen molar-refractivity contribution in [2.75, 3.05) is 13.7 Å². The summed E-state index contributed by atoms with van der Waals surface area (Å²) in [5.41, 5.74) is 3.58. The lowest BCUT2D eigenvalue weighted by molar-refractivity contribution is 0.0961. The summed E-state index contributed by atoms with van der Waals surface area (Å²) in [6, 6.07) is 12.8. The third-order valence-electron chi connectivity index (χ3n) is 3.36. The minimum absolute atomic E-state index is 0.139. The van der Waals surface area contributed by atoms with E-state index in [-0.39, 0.29) is 12.5 Å². The standard InChI is InChI=1S/C18H21NO3/c1-12-7-13(2)9-15(8-12)17(20)11-22-16-6-4-5-14(10-16)18(21)19-3/h4-10,17,20H,11H2,1-3H3,(H,19,21). The van der Waals surface area contributed by atoms with Crippen LogP contribution in [0.2, 0.25) is 0 Å². The molecule has 4 nitrogen and oxygen atoms in total. The zero-order valence-corrected chi connectivity index (χ0v) is 13.1. The van der Waals surface area contributed by atoms with Gasteiger partial charge in [0.25, 0.3) is 5.91 Å². The van der Waals surface area contributed by atoms with Gasteiger partial charge in [-0.05, 0) is 37.6 Å². The van der Waals surface area contributed by atoms with E-state index in [0.29, 0.717) is 11.3 Å². The van der Waals surface area contributed by atoms with E-state index in [1.807, 2.05) is 26.0 Å². The Morgan fingerprint density at radius 2 is 1.86 bits per heavy atom. The van der Waals surface area contributed by atoms with Crippen LogP contribution in [0.5, 0.6) is 5.75 Å². The van der Waals surface area contributed by atoms with E-state index in [9.17, 15) is 9.90 Å². The van der Waals surface area contributed by atoms with Crippen LogP contribution >= 0.6 is 0 Å². The van der Waals surface area contributed by atoms with Gasteiger partial charge in [0, 0.05) is 12.6 Å². The molecule has 1 atom stereocenters. The van der Waals surface area contributed by atoms with E-state index in [1.54, 1.807) is 31.3 Å². The molecule has 1 unspecified atom stereocenters. The maximum absolute atomic E-state index is 11.6. The molecule has 1 amide bonds. The van der Waals surface area contributed by atoms with Gasteiger partial charge >= 0.3 is 0 Å². The van der Waals surface area contributed by atoms with Crippen molar-refractivity contribution >= 4 is 5.91 Å². The predicted octanol–water partition coefficient (Wildman–Crippen LogP) is 2.78. The number of benzene rings is 2. The van der Waals surface area contributed by atoms with Crippen molar-refractivity contribution in [3.8, 4) is 5.75 Å². The molecule has 0 saturated carbocycles. The summed E-state index contributed by atoms with van der Waals surface area (Å²) in [5, 5.41) is 12.8. The number of carbonyl (C=O) groups excluding carboxylic acids is 1. The van der Waals surface area contributed by atoms with Gasteiger partial charge in [0.05, 0.1) is 0 Å². The second kappa shape index (κ2) is 7.09. The summed E-state index contributed by atoms with van der Waals surface area (Å²) in [5.74, 6) is 0.393. The lowest BCUT2D eigenvalue weighted by atomic mass is 10.0. The third kappa shape index (κ3) is 4.09. The highest BCUT2D eigenvalue weighted by Gasteiger charge is 2.10. The molecular formula is C18H21NO3. The molecule has 0 aromatic heterocycles. The molecule has 0 saturated heterocycles. The van der Waals surface area contributed by atoms with E-state index in [2.05, 4.69) is 11.4 Å². The van der Waals surface area contributed by atoms with Crippen molar-refractivity contribution in [3.63, 3.8) is 0 Å². The molecule has 0 aliphatic carbocycles. The number of hydrogen-bond donors (Lipinski definition) is 2. The van der Waals surface area contributed by atoms with Crippen LogP contribution in [0.25, 0.3) is 0 Å². The summed E-state index contributed by atoms with van der Waals surface area (Å²) < 4.78 is 5.61. The highest BCUT2D eigenvalue weighted by atomic mass is 16.5. The number of aliphatic hydroxyl groups excluding tert-OH is 1. The Morgan fingerprint density at radius 3 is 2.50 bits per heavy atom. The van der Waals surface area contributed by atoms with Crippen molar-refractivity contribution in [1.82, 2.24) is 5.32 Å². The average molecular weight is 299 g/mol. The van der Waals surface area contributed by atoms with Crippen molar-refractivity contribution in [3.05, 3.63) is 64.7 Å². The van der Waals surface area contributed by atoms with Gasteiger partial charge in [-0.3, -0.25) is 4.79 Å². The van der Waals surface area contributed by atoms with Crippen molar-refractivity contribution < 1.29 is 14.6 Å². The topological polar surface area (TPSA) is 58.6 Å². The lowest BCUT2D eigenvalue weighted by Crippen LogP contribution is -2.17. The molecule has 0 aliphatic rings. The van der Waals surface area contributed by atoms with Gasteiger partial charge < -0.3 is 15.2 Å². The minimum atomic E-state index is -0.706. The van der Waals surface area contributed by atoms with Crippen LogP contribution in [0.1, 0.15) is 33.2 Å². The summed E-state index contributed by atoms with van der Waals surface area (Å²) in [4.78, 5) is 11.6. The number of rotatable bonds is 5. The number of hydrogen-bond acceptors (Lipinski definition) is 3. The van der Waals surface area contributed by atoms with E-state index in [1.165, 1.54) is 0 Å². The van der Waals surface area contributed by atoms with Gasteiger partial charge in [-0.1, -0.05) is 35.4 Å². The monoisotopic (exact) mass is 299 g/mol. The van der Waals surface area contributed by atoms with Gasteiger partial charge in [0.2, 0.25) is 0 Å². The fourth-order valence-corrected chi connectivity index (χ4v) is 2.35. The summed E-state index contributed by atoms with van der Waals surface area (Å²) >= 11 is 0. The van der Waals surface area contributed by atoms with Crippen LogP contribution in [-0.4, -0.2) is 24.7 Å². The quantitative estimate of drug-likeness (QED) is 0.892. The number of aryl methyl sites for hydroxylation is 2. The highest BCUT2D eigenvalue weighted by Crippen LogP contribution is 2.20. The van der Waals surface area contributed by atoms with Gasteiger partial charge in [-0.15, -0.1) is 0 Å². The van der Waals surface area contributed by atoms with E-state index in [0.717, 1.165) is 16.7 Å². The van der Waals surface area contributed by atoms with Crippen LogP contribution in [-0.2, 0) is 0 Å². The molecular weight excluding hydrogens is 278 g/mol. The molecule has 2 aromatic carbocycles. The Balaban J connectivity index is 2.04. The molecule has 2 rings (SSSR count). The lowest BCUT2D eigenvalue weighted by Gasteiger charge is -2.14. The zero-order valence-electron chi connectivity index (χ0n) is 13.1. The van der Waals surface area contributed by atoms with Crippen LogP contribution < -0.4 is 10.1 Å². The van der Waals surface area contributed by atoms with Crippen LogP contribution in [0.4, 0.5) is 0 Å². The number of nitrogens with one attached hydrogen (secondary N) is 1. The number of ether oxygens (including phenoxy) is 1. The zero-order chi connectivity index (χ0) is 16.1. The Labute approximate surface area is 130 Å². The molecule has 22 heavy (non-hydrogen) atoms. The Bertz CT molecular complexity index is 647. The Hall–Kier alpha value is -2.33. The van der Waals surface area contributed by atoms with Crippen LogP contribution in [0, 0.1) is 13.8 Å². The van der Waals surface area contributed by atoms with Gasteiger partial charge in [-0.2, -0.15) is 0 Å². The largest absolute Gasteiger partial charge is 0.491 e. The molecule has 0 aliphatic heterocycles. The molecule has 2 N–H and O–H groups in total. The predicted molar refractivity (Wildman–Crippen MR) is 86.2 cm³/mol. The summed E-state index contributed by atoms with van der Waals surface area (Å²) in [6.07, 6.45) is -0.706. The first kappa shape index (κ1) is 16.0. The molecule has 0 fully saturated rings. The number of amides is 1. The average Bonchev–Trinajstić information content (AvgIpc) is 2.51. The maximum Gasteiger partial charge on any atom is 0.251 e. The smallest absolute Gasteiger partial charge is 0.251 e. The summed E-state index contributed by atoms with van der Waals surface area (Å²) in [7, 11) is 1.58. The molecule has 0 spiro atoms. The first-order valence-corrected chi connectivity index (χ1v) is 7.21. The Morgan fingerprint density at radius 1 is 1.18 bits per heavy atom.